The number of imidazole rings is 1. The van der Waals surface area contributed by atoms with Crippen molar-refractivity contribution in [3.05, 3.63) is 52.4 Å². The van der Waals surface area contributed by atoms with Crippen LogP contribution in [0.25, 0.3) is 16.9 Å². The zero-order chi connectivity index (χ0) is 15.0. The van der Waals surface area contributed by atoms with Gasteiger partial charge >= 0.3 is 0 Å². The van der Waals surface area contributed by atoms with Crippen molar-refractivity contribution < 1.29 is 0 Å². The largest absolute Gasteiger partial charge is 0.278 e. The van der Waals surface area contributed by atoms with Gasteiger partial charge < -0.3 is 0 Å². The van der Waals surface area contributed by atoms with E-state index >= 15 is 0 Å². The summed E-state index contributed by atoms with van der Waals surface area (Å²) >= 11 is 12.3. The number of nitrogens with zero attached hydrogens (tertiary/aromatic N) is 4. The summed E-state index contributed by atoms with van der Waals surface area (Å²) in [5.41, 5.74) is 3.66. The van der Waals surface area contributed by atoms with Crippen molar-refractivity contribution in [2.45, 2.75) is 12.8 Å². The molecule has 0 saturated heterocycles. The Morgan fingerprint density at radius 3 is 2.86 bits per heavy atom. The van der Waals surface area contributed by atoms with Crippen LogP contribution in [-0.4, -0.2) is 14.5 Å². The van der Waals surface area contributed by atoms with Gasteiger partial charge in [0.1, 0.15) is 11.3 Å². The fourth-order valence-corrected chi connectivity index (χ4v) is 2.62. The molecular formula is C15H10Cl2N4. The highest BCUT2D eigenvalue weighted by Gasteiger charge is 2.16. The van der Waals surface area contributed by atoms with Crippen LogP contribution in [-0.2, 0) is 5.88 Å². The summed E-state index contributed by atoms with van der Waals surface area (Å²) in [6.45, 7) is 1.96. The second kappa shape index (κ2) is 5.36. The van der Waals surface area contributed by atoms with Gasteiger partial charge in [-0.15, -0.1) is 11.6 Å². The summed E-state index contributed by atoms with van der Waals surface area (Å²) < 4.78 is 1.80. The molecular weight excluding hydrogens is 307 g/mol. The summed E-state index contributed by atoms with van der Waals surface area (Å²) in [5.74, 6) is 0.869. The first kappa shape index (κ1) is 13.9. The van der Waals surface area contributed by atoms with Gasteiger partial charge in [0, 0.05) is 6.20 Å². The van der Waals surface area contributed by atoms with Gasteiger partial charge in [0.15, 0.2) is 5.65 Å². The maximum Gasteiger partial charge on any atom is 0.165 e. The van der Waals surface area contributed by atoms with Gasteiger partial charge in [0.05, 0.1) is 28.2 Å². The van der Waals surface area contributed by atoms with E-state index in [0.717, 1.165) is 11.1 Å². The van der Waals surface area contributed by atoms with Gasteiger partial charge in [-0.05, 0) is 36.8 Å². The summed E-state index contributed by atoms with van der Waals surface area (Å²) in [6, 6.07) is 9.07. The van der Waals surface area contributed by atoms with Crippen molar-refractivity contribution in [2.24, 2.45) is 0 Å². The minimum atomic E-state index is 0.225. The van der Waals surface area contributed by atoms with E-state index < -0.39 is 0 Å². The van der Waals surface area contributed by atoms with Crippen LogP contribution >= 0.6 is 23.2 Å². The molecule has 0 unspecified atom stereocenters. The molecule has 104 valence electrons. The van der Waals surface area contributed by atoms with Crippen molar-refractivity contribution in [1.82, 2.24) is 14.5 Å². The first-order chi connectivity index (χ1) is 10.2. The molecule has 6 heteroatoms. The Morgan fingerprint density at radius 1 is 1.33 bits per heavy atom. The van der Waals surface area contributed by atoms with Crippen molar-refractivity contribution in [1.29, 1.82) is 5.26 Å². The van der Waals surface area contributed by atoms with Gasteiger partial charge in [-0.3, -0.25) is 4.57 Å². The van der Waals surface area contributed by atoms with Gasteiger partial charge in [-0.1, -0.05) is 11.6 Å². The predicted octanol–water partition coefficient (Wildman–Crippen LogP) is 3.99. The quantitative estimate of drug-likeness (QED) is 0.672. The molecule has 1 aromatic carbocycles. The van der Waals surface area contributed by atoms with Crippen molar-refractivity contribution in [3.63, 3.8) is 0 Å². The minimum absolute atomic E-state index is 0.225. The van der Waals surface area contributed by atoms with E-state index in [-0.39, 0.29) is 5.88 Å². The molecule has 0 bridgehead atoms. The van der Waals surface area contributed by atoms with Gasteiger partial charge in [-0.2, -0.15) is 5.26 Å². The lowest BCUT2D eigenvalue weighted by molar-refractivity contribution is 0.969. The number of hydrogen-bond acceptors (Lipinski definition) is 3. The highest BCUT2D eigenvalue weighted by atomic mass is 35.5. The molecule has 0 radical (unpaired) electrons. The van der Waals surface area contributed by atoms with E-state index in [1.807, 2.05) is 13.0 Å². The second-order valence-corrected chi connectivity index (χ2v) is 5.25. The Labute approximate surface area is 131 Å². The smallest absolute Gasteiger partial charge is 0.165 e. The lowest BCUT2D eigenvalue weighted by Crippen LogP contribution is -2.01. The summed E-state index contributed by atoms with van der Waals surface area (Å²) in [4.78, 5) is 8.91. The highest BCUT2D eigenvalue weighted by Crippen LogP contribution is 2.28. The standard InChI is InChI=1S/C15H10Cl2N4/c1-9-4-5-19-15-14(9)20-13(7-16)21(15)12-6-10(8-18)2-3-11(12)17/h2-6H,7H2,1H3. The summed E-state index contributed by atoms with van der Waals surface area (Å²) in [5, 5.41) is 9.59. The first-order valence-corrected chi connectivity index (χ1v) is 7.16. The van der Waals surface area contributed by atoms with Crippen LogP contribution in [0.1, 0.15) is 17.0 Å². The molecule has 3 aromatic rings. The Bertz CT molecular complexity index is 877. The SMILES string of the molecule is Cc1ccnc2c1nc(CCl)n2-c1cc(C#N)ccc1Cl. The number of hydrogen-bond donors (Lipinski definition) is 0. The molecule has 3 rings (SSSR count). The normalized spacial score (nSPS) is 10.8. The molecule has 0 spiro atoms. The number of rotatable bonds is 2. The average Bonchev–Trinajstić information content (AvgIpc) is 2.88. The summed E-state index contributed by atoms with van der Waals surface area (Å²) in [7, 11) is 0. The van der Waals surface area contributed by atoms with E-state index in [0.29, 0.717) is 27.7 Å². The number of fused-ring (bicyclic) bond motifs is 1. The van der Waals surface area contributed by atoms with Crippen LogP contribution in [0.5, 0.6) is 0 Å². The third kappa shape index (κ3) is 2.25. The number of nitriles is 1. The van der Waals surface area contributed by atoms with Crippen LogP contribution < -0.4 is 0 Å². The van der Waals surface area contributed by atoms with E-state index in [4.69, 9.17) is 28.5 Å². The Kier molecular flexibility index (Phi) is 3.54. The number of aromatic nitrogens is 3. The predicted molar refractivity (Wildman–Crippen MR) is 82.9 cm³/mol. The molecule has 0 aliphatic heterocycles. The lowest BCUT2D eigenvalue weighted by atomic mass is 10.2. The number of pyridine rings is 1. The van der Waals surface area contributed by atoms with Gasteiger partial charge in [0.2, 0.25) is 0 Å². The lowest BCUT2D eigenvalue weighted by Gasteiger charge is -2.09. The van der Waals surface area contributed by atoms with Crippen LogP contribution in [0.2, 0.25) is 5.02 Å². The number of halogens is 2. The van der Waals surface area contributed by atoms with Crippen molar-refractivity contribution >= 4 is 34.4 Å². The van der Waals surface area contributed by atoms with E-state index in [1.54, 1.807) is 29.0 Å². The van der Waals surface area contributed by atoms with E-state index in [1.165, 1.54) is 0 Å². The number of alkyl halides is 1. The molecule has 2 aromatic heterocycles. The fourth-order valence-electron chi connectivity index (χ4n) is 2.24. The Morgan fingerprint density at radius 2 is 2.14 bits per heavy atom. The minimum Gasteiger partial charge on any atom is -0.278 e. The van der Waals surface area contributed by atoms with Gasteiger partial charge in [-0.25, -0.2) is 9.97 Å². The maximum absolute atomic E-state index is 9.07. The van der Waals surface area contributed by atoms with Crippen LogP contribution in [0.3, 0.4) is 0 Å². The van der Waals surface area contributed by atoms with Crippen molar-refractivity contribution in [2.75, 3.05) is 0 Å². The maximum atomic E-state index is 9.07. The van der Waals surface area contributed by atoms with Crippen molar-refractivity contribution in [3.8, 4) is 11.8 Å². The molecule has 0 atom stereocenters. The monoisotopic (exact) mass is 316 g/mol. The average molecular weight is 317 g/mol. The number of benzene rings is 1. The molecule has 4 nitrogen and oxygen atoms in total. The molecule has 2 heterocycles. The van der Waals surface area contributed by atoms with Crippen LogP contribution in [0.15, 0.2) is 30.5 Å². The van der Waals surface area contributed by atoms with Crippen LogP contribution in [0, 0.1) is 18.3 Å². The van der Waals surface area contributed by atoms with E-state index in [2.05, 4.69) is 16.0 Å². The fraction of sp³-hybridized carbons (Fsp3) is 0.133. The second-order valence-electron chi connectivity index (χ2n) is 4.58. The van der Waals surface area contributed by atoms with Crippen LogP contribution in [0.4, 0.5) is 0 Å². The first-order valence-electron chi connectivity index (χ1n) is 6.24. The third-order valence-electron chi connectivity index (χ3n) is 3.25. The zero-order valence-electron chi connectivity index (χ0n) is 11.1. The molecule has 0 N–H and O–H groups in total. The molecule has 0 aliphatic carbocycles. The Hall–Kier alpha value is -2.09. The highest BCUT2D eigenvalue weighted by molar-refractivity contribution is 6.32. The number of aryl methyl sites for hydroxylation is 1. The molecule has 0 saturated carbocycles. The summed E-state index contributed by atoms with van der Waals surface area (Å²) in [6.07, 6.45) is 1.72. The Balaban J connectivity index is 2.39. The molecule has 0 fully saturated rings. The molecule has 0 amide bonds. The topological polar surface area (TPSA) is 54.5 Å². The molecule has 0 aliphatic rings. The van der Waals surface area contributed by atoms with Gasteiger partial charge in [0.25, 0.3) is 0 Å². The zero-order valence-corrected chi connectivity index (χ0v) is 12.7. The third-order valence-corrected chi connectivity index (χ3v) is 3.81. The molecule has 21 heavy (non-hydrogen) atoms. The van der Waals surface area contributed by atoms with E-state index in [9.17, 15) is 0 Å².